The maximum Gasteiger partial charge on any atom is 0.212 e. The minimum absolute atomic E-state index is 0.0418. The normalized spacial score (nSPS) is 22.8. The first-order chi connectivity index (χ1) is 10.6. The standard InChI is InChI=1S/C15H25NO4S2/c1-19-8-9-20-15-5-3-2-4-14(15)16-22(17,18)11-7-13-6-10-21-12-13/h6,10,12,14-16H,2-5,7-9,11H2,1H3/t14-,15-/m1/s1. The molecule has 1 saturated carbocycles. The first-order valence-corrected chi connectivity index (χ1v) is 10.3. The van der Waals surface area contributed by atoms with Gasteiger partial charge in [0.2, 0.25) is 10.0 Å². The zero-order chi connectivity index (χ0) is 15.8. The summed E-state index contributed by atoms with van der Waals surface area (Å²) in [7, 11) is -1.64. The van der Waals surface area contributed by atoms with Crippen LogP contribution in [0.3, 0.4) is 0 Å². The van der Waals surface area contributed by atoms with E-state index in [1.807, 2.05) is 16.8 Å². The van der Waals surface area contributed by atoms with E-state index in [-0.39, 0.29) is 17.9 Å². The molecule has 0 radical (unpaired) electrons. The monoisotopic (exact) mass is 347 g/mol. The Bertz CT molecular complexity index is 516. The lowest BCUT2D eigenvalue weighted by atomic mass is 9.93. The predicted octanol–water partition coefficient (Wildman–Crippen LogP) is 2.18. The molecule has 0 unspecified atom stereocenters. The van der Waals surface area contributed by atoms with Crippen LogP contribution in [0.5, 0.6) is 0 Å². The first-order valence-electron chi connectivity index (χ1n) is 7.72. The van der Waals surface area contributed by atoms with Crippen molar-refractivity contribution in [2.75, 3.05) is 26.1 Å². The summed E-state index contributed by atoms with van der Waals surface area (Å²) in [6, 6.07) is 1.86. The van der Waals surface area contributed by atoms with Crippen molar-refractivity contribution in [3.05, 3.63) is 22.4 Å². The molecule has 5 nitrogen and oxygen atoms in total. The fourth-order valence-electron chi connectivity index (χ4n) is 2.69. The van der Waals surface area contributed by atoms with Gasteiger partial charge >= 0.3 is 0 Å². The van der Waals surface area contributed by atoms with Crippen LogP contribution >= 0.6 is 11.3 Å². The third-order valence-corrected chi connectivity index (χ3v) is 6.03. The van der Waals surface area contributed by atoms with Gasteiger partial charge in [0.25, 0.3) is 0 Å². The summed E-state index contributed by atoms with van der Waals surface area (Å²) in [5, 5.41) is 3.96. The van der Waals surface area contributed by atoms with Gasteiger partial charge in [-0.3, -0.25) is 0 Å². The second kappa shape index (κ2) is 8.98. The van der Waals surface area contributed by atoms with E-state index in [0.717, 1.165) is 31.2 Å². The maximum absolute atomic E-state index is 12.3. The van der Waals surface area contributed by atoms with Crippen molar-refractivity contribution in [1.82, 2.24) is 4.72 Å². The molecule has 1 fully saturated rings. The van der Waals surface area contributed by atoms with Crippen molar-refractivity contribution in [2.24, 2.45) is 0 Å². The molecule has 0 aliphatic heterocycles. The van der Waals surface area contributed by atoms with Crippen LogP contribution in [0.15, 0.2) is 16.8 Å². The third-order valence-electron chi connectivity index (χ3n) is 3.89. The molecular formula is C15H25NO4S2. The van der Waals surface area contributed by atoms with E-state index < -0.39 is 10.0 Å². The van der Waals surface area contributed by atoms with Crippen LogP contribution in [0.25, 0.3) is 0 Å². The quantitative estimate of drug-likeness (QED) is 0.696. The molecule has 0 spiro atoms. The Labute approximate surface area is 137 Å². The number of sulfonamides is 1. The highest BCUT2D eigenvalue weighted by Gasteiger charge is 2.29. The zero-order valence-electron chi connectivity index (χ0n) is 13.0. The third kappa shape index (κ3) is 5.96. The van der Waals surface area contributed by atoms with E-state index in [1.54, 1.807) is 18.4 Å². The van der Waals surface area contributed by atoms with Gasteiger partial charge in [-0.15, -0.1) is 0 Å². The highest BCUT2D eigenvalue weighted by Crippen LogP contribution is 2.22. The predicted molar refractivity (Wildman–Crippen MR) is 88.8 cm³/mol. The Balaban J connectivity index is 1.84. The molecule has 1 aliphatic carbocycles. The summed E-state index contributed by atoms with van der Waals surface area (Å²) in [5.41, 5.74) is 1.08. The molecule has 1 N–H and O–H groups in total. The Morgan fingerprint density at radius 1 is 1.32 bits per heavy atom. The number of aryl methyl sites for hydroxylation is 1. The lowest BCUT2D eigenvalue weighted by Gasteiger charge is -2.31. The van der Waals surface area contributed by atoms with Crippen LogP contribution < -0.4 is 4.72 Å². The molecule has 1 aromatic heterocycles. The second-order valence-corrected chi connectivity index (χ2v) is 8.26. The van der Waals surface area contributed by atoms with E-state index in [9.17, 15) is 8.42 Å². The van der Waals surface area contributed by atoms with Gasteiger partial charge < -0.3 is 9.47 Å². The van der Waals surface area contributed by atoms with Crippen LogP contribution in [0.2, 0.25) is 0 Å². The van der Waals surface area contributed by atoms with E-state index in [4.69, 9.17) is 9.47 Å². The van der Waals surface area contributed by atoms with E-state index >= 15 is 0 Å². The van der Waals surface area contributed by atoms with Crippen molar-refractivity contribution in [3.8, 4) is 0 Å². The fraction of sp³-hybridized carbons (Fsp3) is 0.733. The Kier molecular flexibility index (Phi) is 7.30. The minimum atomic E-state index is -3.28. The number of hydrogen-bond acceptors (Lipinski definition) is 5. The van der Waals surface area contributed by atoms with Gasteiger partial charge in [-0.05, 0) is 41.7 Å². The Morgan fingerprint density at radius 3 is 2.86 bits per heavy atom. The molecule has 0 amide bonds. The number of rotatable bonds is 9. The van der Waals surface area contributed by atoms with Crippen molar-refractivity contribution >= 4 is 21.4 Å². The van der Waals surface area contributed by atoms with Gasteiger partial charge in [0.05, 0.1) is 25.1 Å². The van der Waals surface area contributed by atoms with Crippen LogP contribution in [-0.2, 0) is 25.9 Å². The summed E-state index contributed by atoms with van der Waals surface area (Å²) in [4.78, 5) is 0. The van der Waals surface area contributed by atoms with Gasteiger partial charge in [0.15, 0.2) is 0 Å². The number of methoxy groups -OCH3 is 1. The van der Waals surface area contributed by atoms with E-state index in [0.29, 0.717) is 19.6 Å². The maximum atomic E-state index is 12.3. The molecule has 1 heterocycles. The summed E-state index contributed by atoms with van der Waals surface area (Å²) in [5.74, 6) is 0.130. The number of ether oxygens (including phenoxy) is 2. The van der Waals surface area contributed by atoms with E-state index in [1.165, 1.54) is 0 Å². The van der Waals surface area contributed by atoms with Gasteiger partial charge in [-0.1, -0.05) is 12.8 Å². The minimum Gasteiger partial charge on any atom is -0.382 e. The van der Waals surface area contributed by atoms with Crippen molar-refractivity contribution < 1.29 is 17.9 Å². The smallest absolute Gasteiger partial charge is 0.212 e. The van der Waals surface area contributed by atoms with Gasteiger partial charge in [0, 0.05) is 13.2 Å². The topological polar surface area (TPSA) is 64.6 Å². The molecule has 2 atom stereocenters. The van der Waals surface area contributed by atoms with Crippen LogP contribution in [0.1, 0.15) is 31.2 Å². The van der Waals surface area contributed by atoms with Crippen molar-refractivity contribution in [3.63, 3.8) is 0 Å². The molecule has 0 aromatic carbocycles. The molecule has 0 bridgehead atoms. The highest BCUT2D eigenvalue weighted by atomic mass is 32.2. The average Bonchev–Trinajstić information content (AvgIpc) is 3.00. The highest BCUT2D eigenvalue weighted by molar-refractivity contribution is 7.89. The lowest BCUT2D eigenvalue weighted by molar-refractivity contribution is -0.0134. The van der Waals surface area contributed by atoms with Crippen LogP contribution in [0.4, 0.5) is 0 Å². The van der Waals surface area contributed by atoms with Crippen molar-refractivity contribution in [2.45, 2.75) is 44.2 Å². The molecule has 2 rings (SSSR count). The first kappa shape index (κ1) is 17.9. The molecule has 0 saturated heterocycles. The van der Waals surface area contributed by atoms with Crippen LogP contribution in [-0.4, -0.2) is 46.6 Å². The van der Waals surface area contributed by atoms with Crippen LogP contribution in [0, 0.1) is 0 Å². The van der Waals surface area contributed by atoms with E-state index in [2.05, 4.69) is 4.72 Å². The number of thiophene rings is 1. The van der Waals surface area contributed by atoms with Gasteiger partial charge in [0.1, 0.15) is 0 Å². The summed E-state index contributed by atoms with van der Waals surface area (Å²) in [6.07, 6.45) is 4.39. The summed E-state index contributed by atoms with van der Waals surface area (Å²) in [6.45, 7) is 1.04. The summed E-state index contributed by atoms with van der Waals surface area (Å²) < 4.78 is 38.2. The molecular weight excluding hydrogens is 322 g/mol. The molecule has 7 heteroatoms. The van der Waals surface area contributed by atoms with Crippen molar-refractivity contribution in [1.29, 1.82) is 0 Å². The van der Waals surface area contributed by atoms with Gasteiger partial charge in [-0.25, -0.2) is 13.1 Å². The molecule has 1 aliphatic rings. The largest absolute Gasteiger partial charge is 0.382 e. The molecule has 22 heavy (non-hydrogen) atoms. The second-order valence-electron chi connectivity index (χ2n) is 5.61. The fourth-order valence-corrected chi connectivity index (χ4v) is 4.75. The average molecular weight is 348 g/mol. The number of nitrogens with one attached hydrogen (secondary N) is 1. The Hall–Kier alpha value is -0.470. The van der Waals surface area contributed by atoms with Gasteiger partial charge in [-0.2, -0.15) is 11.3 Å². The molecule has 1 aromatic rings. The lowest BCUT2D eigenvalue weighted by Crippen LogP contribution is -2.47. The summed E-state index contributed by atoms with van der Waals surface area (Å²) >= 11 is 1.59. The Morgan fingerprint density at radius 2 is 2.14 bits per heavy atom. The SMILES string of the molecule is COCCO[C@@H]1CCCC[C@H]1NS(=O)(=O)CCc1ccsc1. The molecule has 126 valence electrons. The zero-order valence-corrected chi connectivity index (χ0v) is 14.6. The number of hydrogen-bond donors (Lipinski definition) is 1.